The van der Waals surface area contributed by atoms with Crippen LogP contribution in [0.1, 0.15) is 10.6 Å². The molecular weight excluding hydrogens is 278 g/mol. The number of benzene rings is 1. The maximum atomic E-state index is 9.39. The average Bonchev–Trinajstić information content (AvgIpc) is 2.90. The van der Waals surface area contributed by atoms with E-state index in [4.69, 9.17) is 14.2 Å². The number of nitrogens with zero attached hydrogens (tertiary/aromatic N) is 1. The summed E-state index contributed by atoms with van der Waals surface area (Å²) in [5, 5.41) is 10.2. The number of aromatic nitrogens is 1. The van der Waals surface area contributed by atoms with Crippen LogP contribution in [0.4, 0.5) is 0 Å². The van der Waals surface area contributed by atoms with Crippen molar-refractivity contribution in [2.75, 3.05) is 21.3 Å². The zero-order valence-electron chi connectivity index (χ0n) is 11.7. The SMILES string of the molecule is COCc1nc(-c2cc(OC)ccc2OC)sc1CO. The Morgan fingerprint density at radius 3 is 2.60 bits per heavy atom. The molecule has 0 spiro atoms. The highest BCUT2D eigenvalue weighted by molar-refractivity contribution is 7.15. The van der Waals surface area contributed by atoms with Crippen molar-refractivity contribution in [2.24, 2.45) is 0 Å². The fraction of sp³-hybridized carbons (Fsp3) is 0.357. The van der Waals surface area contributed by atoms with Gasteiger partial charge in [0.1, 0.15) is 16.5 Å². The Labute approximate surface area is 121 Å². The highest BCUT2D eigenvalue weighted by atomic mass is 32.1. The van der Waals surface area contributed by atoms with Crippen LogP contribution in [0.3, 0.4) is 0 Å². The van der Waals surface area contributed by atoms with E-state index in [2.05, 4.69) is 4.98 Å². The smallest absolute Gasteiger partial charge is 0.129 e. The van der Waals surface area contributed by atoms with Crippen molar-refractivity contribution in [3.05, 3.63) is 28.8 Å². The van der Waals surface area contributed by atoms with E-state index in [9.17, 15) is 5.11 Å². The van der Waals surface area contributed by atoms with E-state index in [1.165, 1.54) is 11.3 Å². The Bertz CT molecular complexity index is 583. The molecule has 0 aliphatic rings. The summed E-state index contributed by atoms with van der Waals surface area (Å²) < 4.78 is 15.7. The summed E-state index contributed by atoms with van der Waals surface area (Å²) in [5.41, 5.74) is 1.59. The largest absolute Gasteiger partial charge is 0.497 e. The molecule has 0 amide bonds. The normalized spacial score (nSPS) is 10.6. The fourth-order valence-electron chi connectivity index (χ4n) is 1.85. The second kappa shape index (κ2) is 6.69. The van der Waals surface area contributed by atoms with Gasteiger partial charge in [-0.15, -0.1) is 11.3 Å². The van der Waals surface area contributed by atoms with Gasteiger partial charge in [0.15, 0.2) is 0 Å². The molecular formula is C14H17NO4S. The van der Waals surface area contributed by atoms with Gasteiger partial charge >= 0.3 is 0 Å². The van der Waals surface area contributed by atoms with Crippen LogP contribution in [0, 0.1) is 0 Å². The highest BCUT2D eigenvalue weighted by Crippen LogP contribution is 2.37. The molecule has 1 N–H and O–H groups in total. The Morgan fingerprint density at radius 2 is 2.00 bits per heavy atom. The summed E-state index contributed by atoms with van der Waals surface area (Å²) in [6.45, 7) is 0.321. The van der Waals surface area contributed by atoms with Crippen molar-refractivity contribution in [3.8, 4) is 22.1 Å². The van der Waals surface area contributed by atoms with Gasteiger partial charge in [0, 0.05) is 7.11 Å². The topological polar surface area (TPSA) is 60.8 Å². The first-order valence-electron chi connectivity index (χ1n) is 6.04. The lowest BCUT2D eigenvalue weighted by Gasteiger charge is -2.08. The average molecular weight is 295 g/mol. The Morgan fingerprint density at radius 1 is 1.20 bits per heavy atom. The molecule has 0 saturated carbocycles. The van der Waals surface area contributed by atoms with E-state index in [0.717, 1.165) is 26.9 Å². The molecule has 1 aromatic heterocycles. The zero-order valence-corrected chi connectivity index (χ0v) is 12.5. The third kappa shape index (κ3) is 2.92. The number of hydrogen-bond donors (Lipinski definition) is 1. The number of hydrogen-bond acceptors (Lipinski definition) is 6. The fourth-order valence-corrected chi connectivity index (χ4v) is 2.80. The number of ether oxygens (including phenoxy) is 3. The summed E-state index contributed by atoms with van der Waals surface area (Å²) in [5.74, 6) is 1.45. The minimum atomic E-state index is -0.0529. The molecule has 2 rings (SSSR count). The van der Waals surface area contributed by atoms with Crippen molar-refractivity contribution >= 4 is 11.3 Å². The van der Waals surface area contributed by atoms with Gasteiger partial charge in [0.05, 0.1) is 43.6 Å². The number of aliphatic hydroxyl groups excluding tert-OH is 1. The minimum absolute atomic E-state index is 0.0529. The van der Waals surface area contributed by atoms with E-state index in [1.54, 1.807) is 21.3 Å². The molecule has 6 heteroatoms. The Balaban J connectivity index is 2.49. The number of methoxy groups -OCH3 is 3. The Kier molecular flexibility index (Phi) is 4.94. The first kappa shape index (κ1) is 14.8. The van der Waals surface area contributed by atoms with Crippen LogP contribution < -0.4 is 9.47 Å². The predicted molar refractivity (Wildman–Crippen MR) is 77.3 cm³/mol. The van der Waals surface area contributed by atoms with Gasteiger partial charge in [-0.05, 0) is 18.2 Å². The van der Waals surface area contributed by atoms with Crippen LogP contribution in [0.15, 0.2) is 18.2 Å². The first-order chi connectivity index (χ1) is 9.73. The minimum Gasteiger partial charge on any atom is -0.497 e. The second-order valence-corrected chi connectivity index (χ2v) is 5.13. The molecule has 20 heavy (non-hydrogen) atoms. The van der Waals surface area contributed by atoms with Crippen LogP contribution in [0.5, 0.6) is 11.5 Å². The van der Waals surface area contributed by atoms with Crippen LogP contribution >= 0.6 is 11.3 Å². The van der Waals surface area contributed by atoms with Crippen molar-refractivity contribution < 1.29 is 19.3 Å². The molecule has 2 aromatic rings. The van der Waals surface area contributed by atoms with E-state index in [0.29, 0.717) is 12.4 Å². The van der Waals surface area contributed by atoms with Crippen LogP contribution in [-0.4, -0.2) is 31.4 Å². The van der Waals surface area contributed by atoms with E-state index in [-0.39, 0.29) is 6.61 Å². The lowest BCUT2D eigenvalue weighted by molar-refractivity contribution is 0.179. The summed E-state index contributed by atoms with van der Waals surface area (Å²) in [6, 6.07) is 5.54. The highest BCUT2D eigenvalue weighted by Gasteiger charge is 2.16. The maximum absolute atomic E-state index is 9.39. The van der Waals surface area contributed by atoms with Crippen LogP contribution in [0.2, 0.25) is 0 Å². The summed E-state index contributed by atoms with van der Waals surface area (Å²) in [7, 11) is 4.83. The molecule has 5 nitrogen and oxygen atoms in total. The van der Waals surface area contributed by atoms with E-state index < -0.39 is 0 Å². The molecule has 1 aromatic carbocycles. The molecule has 0 unspecified atom stereocenters. The number of rotatable bonds is 6. The van der Waals surface area contributed by atoms with Crippen LogP contribution in [0.25, 0.3) is 10.6 Å². The molecule has 0 saturated heterocycles. The van der Waals surface area contributed by atoms with Gasteiger partial charge < -0.3 is 19.3 Å². The lowest BCUT2D eigenvalue weighted by atomic mass is 10.2. The monoisotopic (exact) mass is 295 g/mol. The van der Waals surface area contributed by atoms with Crippen LogP contribution in [-0.2, 0) is 18.0 Å². The van der Waals surface area contributed by atoms with Gasteiger partial charge in [-0.25, -0.2) is 4.98 Å². The molecule has 0 fully saturated rings. The van der Waals surface area contributed by atoms with Gasteiger partial charge in [0.25, 0.3) is 0 Å². The molecule has 0 atom stereocenters. The first-order valence-corrected chi connectivity index (χ1v) is 6.85. The molecule has 0 radical (unpaired) electrons. The summed E-state index contributed by atoms with van der Waals surface area (Å²) >= 11 is 1.42. The zero-order chi connectivity index (χ0) is 14.5. The van der Waals surface area contributed by atoms with Crippen molar-refractivity contribution in [1.29, 1.82) is 0 Å². The second-order valence-electron chi connectivity index (χ2n) is 4.05. The standard InChI is InChI=1S/C14H17NO4S/c1-17-8-11-13(7-16)20-14(15-11)10-6-9(18-2)4-5-12(10)19-3/h4-6,16H,7-8H2,1-3H3. The van der Waals surface area contributed by atoms with Gasteiger partial charge in [-0.1, -0.05) is 0 Å². The summed E-state index contributed by atoms with van der Waals surface area (Å²) in [4.78, 5) is 5.32. The molecule has 0 bridgehead atoms. The number of thiazole rings is 1. The van der Waals surface area contributed by atoms with Crippen molar-refractivity contribution in [2.45, 2.75) is 13.2 Å². The van der Waals surface area contributed by atoms with Crippen molar-refractivity contribution in [3.63, 3.8) is 0 Å². The summed E-state index contributed by atoms with van der Waals surface area (Å²) in [6.07, 6.45) is 0. The van der Waals surface area contributed by atoms with E-state index in [1.807, 2.05) is 18.2 Å². The molecule has 108 valence electrons. The van der Waals surface area contributed by atoms with Gasteiger partial charge in [0.2, 0.25) is 0 Å². The predicted octanol–water partition coefficient (Wildman–Crippen LogP) is 2.47. The van der Waals surface area contributed by atoms with E-state index >= 15 is 0 Å². The quantitative estimate of drug-likeness (QED) is 0.887. The Hall–Kier alpha value is -1.63. The van der Waals surface area contributed by atoms with Gasteiger partial charge in [-0.2, -0.15) is 0 Å². The molecule has 0 aliphatic carbocycles. The maximum Gasteiger partial charge on any atom is 0.129 e. The lowest BCUT2D eigenvalue weighted by Crippen LogP contribution is -1.93. The van der Waals surface area contributed by atoms with Crippen molar-refractivity contribution in [1.82, 2.24) is 4.98 Å². The third-order valence-corrected chi connectivity index (χ3v) is 3.96. The third-order valence-electron chi connectivity index (χ3n) is 2.84. The molecule has 0 aliphatic heterocycles. The van der Waals surface area contributed by atoms with Gasteiger partial charge in [-0.3, -0.25) is 0 Å². The molecule has 1 heterocycles. The number of aliphatic hydroxyl groups is 1.